The van der Waals surface area contributed by atoms with Crippen molar-refractivity contribution in [3.63, 3.8) is 0 Å². The van der Waals surface area contributed by atoms with Crippen LogP contribution in [0.3, 0.4) is 0 Å². The van der Waals surface area contributed by atoms with E-state index in [-0.39, 0.29) is 11.9 Å². The first kappa shape index (κ1) is 10.5. The Balaban J connectivity index is 2.25. The van der Waals surface area contributed by atoms with Gasteiger partial charge in [-0.2, -0.15) is 0 Å². The van der Waals surface area contributed by atoms with Crippen LogP contribution in [0, 0.1) is 0 Å². The summed E-state index contributed by atoms with van der Waals surface area (Å²) in [5.41, 5.74) is 1.01. The zero-order valence-electron chi connectivity index (χ0n) is 8.35. The van der Waals surface area contributed by atoms with Crippen LogP contribution in [0.2, 0.25) is 5.02 Å². The Bertz CT molecular complexity index is 377. The average molecular weight is 226 g/mol. The van der Waals surface area contributed by atoms with Crippen LogP contribution in [0.5, 0.6) is 0 Å². The van der Waals surface area contributed by atoms with Crippen LogP contribution < -0.4 is 0 Å². The molecule has 80 valence electrons. The van der Waals surface area contributed by atoms with E-state index in [0.29, 0.717) is 11.4 Å². The lowest BCUT2D eigenvalue weighted by molar-refractivity contribution is -0.134. The highest BCUT2D eigenvalue weighted by Gasteiger charge is 2.36. The summed E-state index contributed by atoms with van der Waals surface area (Å²) in [4.78, 5) is 13.0. The summed E-state index contributed by atoms with van der Waals surface area (Å²) < 4.78 is 0. The van der Waals surface area contributed by atoms with E-state index in [1.165, 1.54) is 0 Å². The monoisotopic (exact) mass is 225 g/mol. The lowest BCUT2D eigenvalue weighted by Gasteiger charge is -2.19. The van der Waals surface area contributed by atoms with Gasteiger partial charge in [-0.3, -0.25) is 4.79 Å². The van der Waals surface area contributed by atoms with Gasteiger partial charge >= 0.3 is 0 Å². The van der Waals surface area contributed by atoms with Gasteiger partial charge in [0.05, 0.1) is 6.04 Å². The van der Waals surface area contributed by atoms with Gasteiger partial charge in [0.25, 0.3) is 5.91 Å². The molecule has 1 amide bonds. The molecule has 0 spiro atoms. The fourth-order valence-corrected chi connectivity index (χ4v) is 2.03. The lowest BCUT2D eigenvalue weighted by Crippen LogP contribution is -2.26. The molecule has 1 fully saturated rings. The first-order chi connectivity index (χ1) is 7.09. The van der Waals surface area contributed by atoms with Crippen LogP contribution in [0.1, 0.15) is 18.0 Å². The van der Waals surface area contributed by atoms with Gasteiger partial charge < -0.3 is 10.0 Å². The van der Waals surface area contributed by atoms with Crippen LogP contribution in [0.15, 0.2) is 24.3 Å². The number of hydrogen-bond acceptors (Lipinski definition) is 2. The van der Waals surface area contributed by atoms with Crippen molar-refractivity contribution >= 4 is 17.5 Å². The molecular weight excluding hydrogens is 214 g/mol. The predicted octanol–water partition coefficient (Wildman–Crippen LogP) is 1.60. The lowest BCUT2D eigenvalue weighted by atomic mass is 10.0. The maximum Gasteiger partial charge on any atom is 0.251 e. The van der Waals surface area contributed by atoms with Crippen molar-refractivity contribution in [3.05, 3.63) is 34.9 Å². The van der Waals surface area contributed by atoms with Crippen LogP contribution in [-0.4, -0.2) is 29.1 Å². The number of hydrogen-bond donors (Lipinski definition) is 1. The number of likely N-dealkylation sites (tertiary alicyclic amines) is 1. The molecule has 0 radical (unpaired) electrons. The molecule has 1 saturated heterocycles. The third kappa shape index (κ3) is 1.85. The quantitative estimate of drug-likeness (QED) is 0.789. The zero-order chi connectivity index (χ0) is 11.0. The van der Waals surface area contributed by atoms with Crippen molar-refractivity contribution in [2.45, 2.75) is 18.6 Å². The topological polar surface area (TPSA) is 40.5 Å². The fourth-order valence-electron chi connectivity index (χ4n) is 1.90. The molecule has 0 bridgehead atoms. The molecule has 1 aliphatic rings. The van der Waals surface area contributed by atoms with Crippen LogP contribution in [0.4, 0.5) is 0 Å². The van der Waals surface area contributed by atoms with E-state index in [0.717, 1.165) is 5.56 Å². The van der Waals surface area contributed by atoms with Gasteiger partial charge in [0.2, 0.25) is 0 Å². The minimum absolute atomic E-state index is 0.0373. The Morgan fingerprint density at radius 2 is 2.00 bits per heavy atom. The number of amides is 1. The van der Waals surface area contributed by atoms with E-state index < -0.39 is 6.10 Å². The Labute approximate surface area is 93.3 Å². The van der Waals surface area contributed by atoms with Crippen LogP contribution in [-0.2, 0) is 4.79 Å². The van der Waals surface area contributed by atoms with Crippen LogP contribution in [0.25, 0.3) is 0 Å². The van der Waals surface area contributed by atoms with Gasteiger partial charge in [-0.15, -0.1) is 0 Å². The predicted molar refractivity (Wildman–Crippen MR) is 57.6 cm³/mol. The number of rotatable bonds is 1. The zero-order valence-corrected chi connectivity index (χ0v) is 9.11. The van der Waals surface area contributed by atoms with Crippen molar-refractivity contribution < 1.29 is 9.90 Å². The van der Waals surface area contributed by atoms with Gasteiger partial charge in [0.1, 0.15) is 6.10 Å². The molecule has 0 aromatic heterocycles. The molecule has 2 rings (SSSR count). The van der Waals surface area contributed by atoms with Crippen molar-refractivity contribution in [2.75, 3.05) is 7.05 Å². The number of nitrogens with zero attached hydrogens (tertiary/aromatic N) is 1. The second kappa shape index (κ2) is 3.83. The molecule has 0 unspecified atom stereocenters. The molecule has 3 nitrogen and oxygen atoms in total. The fraction of sp³-hybridized carbons (Fsp3) is 0.364. The molecule has 4 heteroatoms. The average Bonchev–Trinajstić information content (AvgIpc) is 2.47. The molecule has 1 aromatic carbocycles. The summed E-state index contributed by atoms with van der Waals surface area (Å²) in [5, 5.41) is 10.1. The SMILES string of the molecule is CN1C(=O)[C@@H](O)C[C@H]1c1ccc(Cl)cc1. The number of aliphatic hydroxyl groups excluding tert-OH is 1. The minimum atomic E-state index is -0.865. The Hall–Kier alpha value is -1.06. The summed E-state index contributed by atoms with van der Waals surface area (Å²) in [5.74, 6) is -0.213. The highest BCUT2D eigenvalue weighted by atomic mass is 35.5. The van der Waals surface area contributed by atoms with Gasteiger partial charge in [0, 0.05) is 18.5 Å². The summed E-state index contributed by atoms with van der Waals surface area (Å²) in [6.45, 7) is 0. The van der Waals surface area contributed by atoms with Gasteiger partial charge in [-0.1, -0.05) is 23.7 Å². The number of carbonyl (C=O) groups excluding carboxylic acids is 1. The third-order valence-corrected chi connectivity index (χ3v) is 3.05. The number of benzene rings is 1. The van der Waals surface area contributed by atoms with Crippen molar-refractivity contribution in [1.29, 1.82) is 0 Å². The first-order valence-electron chi connectivity index (χ1n) is 4.80. The van der Waals surface area contributed by atoms with Crippen molar-refractivity contribution in [2.24, 2.45) is 0 Å². The Morgan fingerprint density at radius 3 is 2.47 bits per heavy atom. The normalized spacial score (nSPS) is 26.1. The molecule has 1 heterocycles. The standard InChI is InChI=1S/C11H12ClNO2/c1-13-9(6-10(14)11(13)15)7-2-4-8(12)5-3-7/h2-5,9-10,14H,6H2,1H3/t9-,10-/m0/s1. The second-order valence-electron chi connectivity index (χ2n) is 3.77. The maximum atomic E-state index is 11.4. The van der Waals surface area contributed by atoms with E-state index in [1.54, 1.807) is 24.1 Å². The summed E-state index contributed by atoms with van der Waals surface area (Å²) in [6.07, 6.45) is -0.410. The summed E-state index contributed by atoms with van der Waals surface area (Å²) >= 11 is 5.78. The van der Waals surface area contributed by atoms with E-state index in [4.69, 9.17) is 11.6 Å². The molecule has 1 N–H and O–H groups in total. The largest absolute Gasteiger partial charge is 0.383 e. The van der Waals surface area contributed by atoms with E-state index >= 15 is 0 Å². The first-order valence-corrected chi connectivity index (χ1v) is 5.17. The Morgan fingerprint density at radius 1 is 1.40 bits per heavy atom. The van der Waals surface area contributed by atoms with E-state index in [1.807, 2.05) is 12.1 Å². The number of carbonyl (C=O) groups is 1. The van der Waals surface area contributed by atoms with Gasteiger partial charge in [-0.05, 0) is 17.7 Å². The van der Waals surface area contributed by atoms with Crippen LogP contribution >= 0.6 is 11.6 Å². The van der Waals surface area contributed by atoms with E-state index in [9.17, 15) is 9.90 Å². The molecule has 1 aromatic rings. The second-order valence-corrected chi connectivity index (χ2v) is 4.20. The Kier molecular flexibility index (Phi) is 2.67. The highest BCUT2D eigenvalue weighted by molar-refractivity contribution is 6.30. The molecule has 0 aliphatic carbocycles. The molecule has 2 atom stereocenters. The minimum Gasteiger partial charge on any atom is -0.383 e. The molecule has 0 saturated carbocycles. The third-order valence-electron chi connectivity index (χ3n) is 2.80. The number of likely N-dealkylation sites (N-methyl/N-ethyl adjacent to an activating group) is 1. The highest BCUT2D eigenvalue weighted by Crippen LogP contribution is 2.31. The molecular formula is C11H12ClNO2. The maximum absolute atomic E-state index is 11.4. The number of aliphatic hydroxyl groups is 1. The van der Waals surface area contributed by atoms with E-state index in [2.05, 4.69) is 0 Å². The van der Waals surface area contributed by atoms with Gasteiger partial charge in [-0.25, -0.2) is 0 Å². The molecule has 1 aliphatic heterocycles. The smallest absolute Gasteiger partial charge is 0.251 e. The summed E-state index contributed by atoms with van der Waals surface area (Å²) in [6, 6.07) is 7.31. The van der Waals surface area contributed by atoms with Crippen molar-refractivity contribution in [3.8, 4) is 0 Å². The summed E-state index contributed by atoms with van der Waals surface area (Å²) in [7, 11) is 1.71. The number of halogens is 1. The molecule has 15 heavy (non-hydrogen) atoms. The van der Waals surface area contributed by atoms with Crippen molar-refractivity contribution in [1.82, 2.24) is 4.90 Å². The van der Waals surface area contributed by atoms with Gasteiger partial charge in [0.15, 0.2) is 0 Å².